The van der Waals surface area contributed by atoms with E-state index in [9.17, 15) is 0 Å². The summed E-state index contributed by atoms with van der Waals surface area (Å²) < 4.78 is 5.92. The standard InChI is InChI=1S/C12H12BrN3O/c1-8-5-10(13)15-12(6-8)16-11-7-9(17-2)3-4-14-11/h3-7H,1-2H3,(H,14,15,16). The molecule has 0 aliphatic rings. The second-order valence-electron chi connectivity index (χ2n) is 3.56. The molecule has 2 rings (SSSR count). The summed E-state index contributed by atoms with van der Waals surface area (Å²) in [5.41, 5.74) is 1.12. The van der Waals surface area contributed by atoms with E-state index >= 15 is 0 Å². The molecule has 2 aromatic rings. The number of nitrogens with one attached hydrogen (secondary N) is 1. The number of hydrogen-bond acceptors (Lipinski definition) is 4. The monoisotopic (exact) mass is 293 g/mol. The van der Waals surface area contributed by atoms with Gasteiger partial charge in [-0.05, 0) is 46.6 Å². The van der Waals surface area contributed by atoms with Crippen LogP contribution >= 0.6 is 15.9 Å². The third-order valence-corrected chi connectivity index (χ3v) is 2.57. The van der Waals surface area contributed by atoms with Crippen molar-refractivity contribution >= 4 is 27.6 Å². The van der Waals surface area contributed by atoms with Gasteiger partial charge in [0.15, 0.2) is 0 Å². The summed E-state index contributed by atoms with van der Waals surface area (Å²) in [5, 5.41) is 3.13. The minimum absolute atomic E-state index is 0.703. The molecule has 0 atom stereocenters. The topological polar surface area (TPSA) is 47.0 Å². The van der Waals surface area contributed by atoms with Gasteiger partial charge in [0.25, 0.3) is 0 Å². The number of aryl methyl sites for hydroxylation is 1. The summed E-state index contributed by atoms with van der Waals surface area (Å²) in [5.74, 6) is 2.21. The largest absolute Gasteiger partial charge is 0.497 e. The summed E-state index contributed by atoms with van der Waals surface area (Å²) in [7, 11) is 1.63. The minimum Gasteiger partial charge on any atom is -0.497 e. The van der Waals surface area contributed by atoms with Gasteiger partial charge in [0.2, 0.25) is 0 Å². The summed E-state index contributed by atoms with van der Waals surface area (Å²) >= 11 is 3.36. The van der Waals surface area contributed by atoms with E-state index in [1.54, 1.807) is 19.4 Å². The van der Waals surface area contributed by atoms with E-state index in [2.05, 4.69) is 31.2 Å². The molecule has 1 N–H and O–H groups in total. The second-order valence-corrected chi connectivity index (χ2v) is 4.37. The van der Waals surface area contributed by atoms with E-state index < -0.39 is 0 Å². The lowest BCUT2D eigenvalue weighted by atomic mass is 10.3. The van der Waals surface area contributed by atoms with Gasteiger partial charge < -0.3 is 10.1 Å². The number of anilines is 2. The Morgan fingerprint density at radius 1 is 1.24 bits per heavy atom. The fourth-order valence-electron chi connectivity index (χ4n) is 1.43. The van der Waals surface area contributed by atoms with Crippen molar-refractivity contribution in [2.24, 2.45) is 0 Å². The van der Waals surface area contributed by atoms with Crippen LogP contribution in [0.3, 0.4) is 0 Å². The predicted octanol–water partition coefficient (Wildman–Crippen LogP) is 3.30. The molecule has 0 radical (unpaired) electrons. The van der Waals surface area contributed by atoms with Crippen molar-refractivity contribution in [3.63, 3.8) is 0 Å². The Morgan fingerprint density at radius 3 is 2.76 bits per heavy atom. The van der Waals surface area contributed by atoms with Gasteiger partial charge >= 0.3 is 0 Å². The quantitative estimate of drug-likeness (QED) is 0.882. The average Bonchev–Trinajstić information content (AvgIpc) is 2.28. The van der Waals surface area contributed by atoms with Crippen molar-refractivity contribution in [1.29, 1.82) is 0 Å². The lowest BCUT2D eigenvalue weighted by Gasteiger charge is -2.07. The molecule has 0 saturated heterocycles. The number of ether oxygens (including phenoxy) is 1. The van der Waals surface area contributed by atoms with Crippen molar-refractivity contribution in [2.45, 2.75) is 6.92 Å². The third-order valence-electron chi connectivity index (χ3n) is 2.16. The molecule has 2 heterocycles. The molecule has 2 aromatic heterocycles. The van der Waals surface area contributed by atoms with Crippen molar-refractivity contribution in [1.82, 2.24) is 9.97 Å². The molecule has 4 nitrogen and oxygen atoms in total. The first-order valence-corrected chi connectivity index (χ1v) is 5.88. The maximum Gasteiger partial charge on any atom is 0.135 e. The Balaban J connectivity index is 2.24. The summed E-state index contributed by atoms with van der Waals surface area (Å²) in [6, 6.07) is 7.51. The van der Waals surface area contributed by atoms with Gasteiger partial charge in [0, 0.05) is 12.3 Å². The number of nitrogens with zero attached hydrogens (tertiary/aromatic N) is 2. The molecule has 0 spiro atoms. The van der Waals surface area contributed by atoms with Crippen LogP contribution in [0.4, 0.5) is 11.6 Å². The van der Waals surface area contributed by atoms with Crippen LogP contribution in [-0.2, 0) is 0 Å². The van der Waals surface area contributed by atoms with E-state index in [1.165, 1.54) is 0 Å². The molecule has 0 bridgehead atoms. The van der Waals surface area contributed by atoms with Crippen LogP contribution in [0.5, 0.6) is 5.75 Å². The molecule has 0 fully saturated rings. The van der Waals surface area contributed by atoms with Gasteiger partial charge in [-0.2, -0.15) is 0 Å². The SMILES string of the molecule is COc1ccnc(Nc2cc(C)cc(Br)n2)c1. The lowest BCUT2D eigenvalue weighted by Crippen LogP contribution is -1.97. The second kappa shape index (κ2) is 5.14. The van der Waals surface area contributed by atoms with Gasteiger partial charge in [0.05, 0.1) is 7.11 Å². The maximum absolute atomic E-state index is 5.13. The number of halogens is 1. The molecule has 0 aliphatic heterocycles. The van der Waals surface area contributed by atoms with Crippen LogP contribution in [0.1, 0.15) is 5.56 Å². The number of rotatable bonds is 3. The first-order valence-electron chi connectivity index (χ1n) is 5.08. The molecule has 0 saturated carbocycles. The van der Waals surface area contributed by atoms with Crippen LogP contribution in [0.25, 0.3) is 0 Å². The third kappa shape index (κ3) is 3.17. The Morgan fingerprint density at radius 2 is 2.06 bits per heavy atom. The van der Waals surface area contributed by atoms with Gasteiger partial charge in [-0.25, -0.2) is 9.97 Å². The highest BCUT2D eigenvalue weighted by atomic mass is 79.9. The minimum atomic E-state index is 0.703. The molecule has 0 unspecified atom stereocenters. The number of pyridine rings is 2. The number of aromatic nitrogens is 2. The molecule has 5 heteroatoms. The maximum atomic E-state index is 5.13. The van der Waals surface area contributed by atoms with E-state index in [4.69, 9.17) is 4.74 Å². The summed E-state index contributed by atoms with van der Waals surface area (Å²) in [6.07, 6.45) is 1.69. The smallest absolute Gasteiger partial charge is 0.135 e. The highest BCUT2D eigenvalue weighted by molar-refractivity contribution is 9.10. The zero-order valence-corrected chi connectivity index (χ0v) is 11.2. The molecule has 0 amide bonds. The van der Waals surface area contributed by atoms with Gasteiger partial charge in [0.1, 0.15) is 22.0 Å². The van der Waals surface area contributed by atoms with E-state index in [1.807, 2.05) is 25.1 Å². The van der Waals surface area contributed by atoms with Gasteiger partial charge in [-0.1, -0.05) is 0 Å². The van der Waals surface area contributed by atoms with Crippen LogP contribution in [0.2, 0.25) is 0 Å². The first kappa shape index (κ1) is 11.9. The summed E-state index contributed by atoms with van der Waals surface area (Å²) in [6.45, 7) is 2.01. The zero-order valence-electron chi connectivity index (χ0n) is 9.57. The average molecular weight is 294 g/mol. The zero-order chi connectivity index (χ0) is 12.3. The molecule has 88 valence electrons. The van der Waals surface area contributed by atoms with Crippen LogP contribution in [0, 0.1) is 6.92 Å². The Hall–Kier alpha value is -1.62. The fraction of sp³-hybridized carbons (Fsp3) is 0.167. The predicted molar refractivity (Wildman–Crippen MR) is 70.7 cm³/mol. The highest BCUT2D eigenvalue weighted by Gasteiger charge is 2.01. The van der Waals surface area contributed by atoms with E-state index in [0.29, 0.717) is 5.82 Å². The van der Waals surface area contributed by atoms with Crippen LogP contribution in [-0.4, -0.2) is 17.1 Å². The van der Waals surface area contributed by atoms with Crippen molar-refractivity contribution in [2.75, 3.05) is 12.4 Å². The Labute approximate surface area is 108 Å². The van der Waals surface area contributed by atoms with Crippen LogP contribution in [0.15, 0.2) is 35.1 Å². The van der Waals surface area contributed by atoms with E-state index in [-0.39, 0.29) is 0 Å². The molecule has 17 heavy (non-hydrogen) atoms. The van der Waals surface area contributed by atoms with Crippen molar-refractivity contribution < 1.29 is 4.74 Å². The molecular formula is C12H12BrN3O. The number of methoxy groups -OCH3 is 1. The van der Waals surface area contributed by atoms with Crippen LogP contribution < -0.4 is 10.1 Å². The van der Waals surface area contributed by atoms with Gasteiger partial charge in [-0.15, -0.1) is 0 Å². The summed E-state index contributed by atoms with van der Waals surface area (Å²) in [4.78, 5) is 8.51. The number of hydrogen-bond donors (Lipinski definition) is 1. The van der Waals surface area contributed by atoms with Crippen molar-refractivity contribution in [3.05, 3.63) is 40.6 Å². The Kier molecular flexibility index (Phi) is 3.58. The van der Waals surface area contributed by atoms with Gasteiger partial charge in [-0.3, -0.25) is 0 Å². The normalized spacial score (nSPS) is 10.1. The van der Waals surface area contributed by atoms with Crippen molar-refractivity contribution in [3.8, 4) is 5.75 Å². The first-order chi connectivity index (χ1) is 8.17. The lowest BCUT2D eigenvalue weighted by molar-refractivity contribution is 0.414. The Bertz CT molecular complexity index is 511. The molecule has 0 aliphatic carbocycles. The molecule has 0 aromatic carbocycles. The van der Waals surface area contributed by atoms with E-state index in [0.717, 1.165) is 21.7 Å². The highest BCUT2D eigenvalue weighted by Crippen LogP contribution is 2.20. The molecular weight excluding hydrogens is 282 g/mol. The fourth-order valence-corrected chi connectivity index (χ4v) is 1.98.